The Kier molecular flexibility index (Phi) is 3.25. The van der Waals surface area contributed by atoms with Gasteiger partial charge in [0, 0.05) is 6.07 Å². The zero-order chi connectivity index (χ0) is 14.0. The lowest BCUT2D eigenvalue weighted by molar-refractivity contribution is -0.384. The maximum absolute atomic E-state index is 12.6. The lowest BCUT2D eigenvalue weighted by atomic mass is 10.0. The molecule has 0 saturated carbocycles. The Morgan fingerprint density at radius 2 is 1.63 bits per heavy atom. The molecule has 2 aromatic carbocycles. The van der Waals surface area contributed by atoms with Crippen molar-refractivity contribution in [3.63, 3.8) is 0 Å². The summed E-state index contributed by atoms with van der Waals surface area (Å²) in [6.45, 7) is 0. The van der Waals surface area contributed by atoms with Gasteiger partial charge in [-0.25, -0.2) is 0 Å². The second-order valence-electron chi connectivity index (χ2n) is 3.85. The smallest absolute Gasteiger partial charge is 0.258 e. The van der Waals surface area contributed by atoms with Gasteiger partial charge in [0.15, 0.2) is 0 Å². The molecule has 2 rings (SSSR count). The molecule has 0 aliphatic rings. The minimum Gasteiger partial charge on any atom is -0.258 e. The number of nitro groups is 1. The lowest BCUT2D eigenvalue weighted by Gasteiger charge is -2.09. The van der Waals surface area contributed by atoms with Crippen LogP contribution in [0.3, 0.4) is 0 Å². The quantitative estimate of drug-likeness (QED) is 0.602. The van der Waals surface area contributed by atoms with Gasteiger partial charge in [0.1, 0.15) is 0 Å². The van der Waals surface area contributed by atoms with Crippen molar-refractivity contribution in [3.05, 3.63) is 64.2 Å². The number of hydrogen-bond donors (Lipinski definition) is 0. The third-order valence-electron chi connectivity index (χ3n) is 2.61. The average molecular weight is 267 g/mol. The van der Waals surface area contributed by atoms with E-state index in [1.54, 1.807) is 18.2 Å². The van der Waals surface area contributed by atoms with Gasteiger partial charge in [-0.05, 0) is 17.7 Å². The van der Waals surface area contributed by atoms with Crippen molar-refractivity contribution in [2.75, 3.05) is 0 Å². The molecule has 0 spiro atoms. The Hall–Kier alpha value is -2.37. The molecule has 0 heterocycles. The first-order valence-electron chi connectivity index (χ1n) is 5.30. The van der Waals surface area contributed by atoms with E-state index in [0.29, 0.717) is 11.6 Å². The highest BCUT2D eigenvalue weighted by Gasteiger charge is 2.32. The number of hydrogen-bond acceptors (Lipinski definition) is 2. The van der Waals surface area contributed by atoms with Gasteiger partial charge in [-0.2, -0.15) is 13.2 Å². The molecule has 3 nitrogen and oxygen atoms in total. The largest absolute Gasteiger partial charge is 0.416 e. The van der Waals surface area contributed by atoms with Gasteiger partial charge in [-0.15, -0.1) is 0 Å². The van der Waals surface area contributed by atoms with E-state index in [2.05, 4.69) is 0 Å². The van der Waals surface area contributed by atoms with Crippen LogP contribution in [0, 0.1) is 10.1 Å². The molecule has 0 radical (unpaired) electrons. The Morgan fingerprint density at radius 3 is 2.16 bits per heavy atom. The van der Waals surface area contributed by atoms with Gasteiger partial charge in [-0.1, -0.05) is 30.3 Å². The monoisotopic (exact) mass is 267 g/mol. The molecule has 0 aliphatic heterocycles. The Labute approximate surface area is 106 Å². The highest BCUT2D eigenvalue weighted by Crippen LogP contribution is 2.36. The van der Waals surface area contributed by atoms with E-state index in [4.69, 9.17) is 0 Å². The average Bonchev–Trinajstić information content (AvgIpc) is 2.38. The van der Waals surface area contributed by atoms with E-state index < -0.39 is 16.7 Å². The number of rotatable bonds is 2. The molecule has 0 bridgehead atoms. The molecule has 0 fully saturated rings. The van der Waals surface area contributed by atoms with Crippen molar-refractivity contribution >= 4 is 5.69 Å². The standard InChI is InChI=1S/C13H8F3NO2/c14-13(15,16)10-6-7-12(17(18)19)11(8-10)9-4-2-1-3-5-9/h1-8H. The molecule has 0 saturated heterocycles. The van der Waals surface area contributed by atoms with Gasteiger partial charge >= 0.3 is 6.18 Å². The molecular weight excluding hydrogens is 259 g/mol. The fraction of sp³-hybridized carbons (Fsp3) is 0.0769. The molecule has 19 heavy (non-hydrogen) atoms. The Morgan fingerprint density at radius 1 is 1.00 bits per heavy atom. The van der Waals surface area contributed by atoms with E-state index in [0.717, 1.165) is 12.1 Å². The van der Waals surface area contributed by atoms with Gasteiger partial charge < -0.3 is 0 Å². The predicted octanol–water partition coefficient (Wildman–Crippen LogP) is 4.28. The summed E-state index contributed by atoms with van der Waals surface area (Å²) in [6, 6.07) is 10.4. The maximum Gasteiger partial charge on any atom is 0.416 e. The van der Waals surface area contributed by atoms with Crippen LogP contribution in [-0.4, -0.2) is 4.92 Å². The van der Waals surface area contributed by atoms with Crippen LogP contribution in [0.5, 0.6) is 0 Å². The molecule has 0 aliphatic carbocycles. The SMILES string of the molecule is O=[N+]([O-])c1ccc(C(F)(F)F)cc1-c1ccccc1. The van der Waals surface area contributed by atoms with Crippen LogP contribution < -0.4 is 0 Å². The summed E-state index contributed by atoms with van der Waals surface area (Å²) in [6.07, 6.45) is -4.53. The molecule has 0 aromatic heterocycles. The summed E-state index contributed by atoms with van der Waals surface area (Å²) < 4.78 is 37.9. The van der Waals surface area contributed by atoms with Crippen LogP contribution in [0.4, 0.5) is 18.9 Å². The van der Waals surface area contributed by atoms with E-state index in [-0.39, 0.29) is 11.3 Å². The second kappa shape index (κ2) is 4.72. The second-order valence-corrected chi connectivity index (χ2v) is 3.85. The minimum atomic E-state index is -4.53. The normalized spacial score (nSPS) is 11.3. The van der Waals surface area contributed by atoms with Crippen LogP contribution in [0.2, 0.25) is 0 Å². The summed E-state index contributed by atoms with van der Waals surface area (Å²) in [4.78, 5) is 10.2. The highest BCUT2D eigenvalue weighted by atomic mass is 19.4. The van der Waals surface area contributed by atoms with E-state index >= 15 is 0 Å². The van der Waals surface area contributed by atoms with Gasteiger partial charge in [0.25, 0.3) is 5.69 Å². The molecule has 0 N–H and O–H groups in total. The van der Waals surface area contributed by atoms with Crippen LogP contribution >= 0.6 is 0 Å². The Bertz CT molecular complexity index is 609. The van der Waals surface area contributed by atoms with E-state index in [9.17, 15) is 23.3 Å². The zero-order valence-corrected chi connectivity index (χ0v) is 9.52. The number of nitro benzene ring substituents is 1. The first-order valence-corrected chi connectivity index (χ1v) is 5.30. The minimum absolute atomic E-state index is 0.0413. The van der Waals surface area contributed by atoms with Crippen LogP contribution in [0.1, 0.15) is 5.56 Å². The van der Waals surface area contributed by atoms with E-state index in [1.807, 2.05) is 0 Å². The van der Waals surface area contributed by atoms with Crippen LogP contribution in [0.15, 0.2) is 48.5 Å². The number of nitrogens with zero attached hydrogens (tertiary/aromatic N) is 1. The molecule has 0 unspecified atom stereocenters. The third-order valence-corrected chi connectivity index (χ3v) is 2.61. The fourth-order valence-electron chi connectivity index (χ4n) is 1.72. The number of halogens is 3. The predicted molar refractivity (Wildman–Crippen MR) is 63.5 cm³/mol. The van der Waals surface area contributed by atoms with Crippen molar-refractivity contribution in [1.29, 1.82) is 0 Å². The van der Waals surface area contributed by atoms with Crippen molar-refractivity contribution in [2.24, 2.45) is 0 Å². The summed E-state index contributed by atoms with van der Waals surface area (Å²) in [5.41, 5.74) is -0.920. The number of benzene rings is 2. The van der Waals surface area contributed by atoms with Gasteiger partial charge in [-0.3, -0.25) is 10.1 Å². The van der Waals surface area contributed by atoms with E-state index in [1.165, 1.54) is 12.1 Å². The van der Waals surface area contributed by atoms with Crippen molar-refractivity contribution in [1.82, 2.24) is 0 Å². The van der Waals surface area contributed by atoms with Crippen LogP contribution in [0.25, 0.3) is 11.1 Å². The summed E-state index contributed by atoms with van der Waals surface area (Å²) >= 11 is 0. The molecule has 98 valence electrons. The highest BCUT2D eigenvalue weighted by molar-refractivity contribution is 5.74. The van der Waals surface area contributed by atoms with Gasteiger partial charge in [0.2, 0.25) is 0 Å². The summed E-state index contributed by atoms with van der Waals surface area (Å²) in [5.74, 6) is 0. The first-order chi connectivity index (χ1) is 8.89. The molecule has 6 heteroatoms. The maximum atomic E-state index is 12.6. The lowest BCUT2D eigenvalue weighted by Crippen LogP contribution is -2.05. The molecular formula is C13H8F3NO2. The molecule has 0 atom stereocenters. The fourth-order valence-corrected chi connectivity index (χ4v) is 1.72. The summed E-state index contributed by atoms with van der Waals surface area (Å²) in [7, 11) is 0. The topological polar surface area (TPSA) is 43.1 Å². The van der Waals surface area contributed by atoms with Crippen molar-refractivity contribution < 1.29 is 18.1 Å². The van der Waals surface area contributed by atoms with Crippen molar-refractivity contribution in [2.45, 2.75) is 6.18 Å². The van der Waals surface area contributed by atoms with Crippen molar-refractivity contribution in [3.8, 4) is 11.1 Å². The zero-order valence-electron chi connectivity index (χ0n) is 9.52. The molecule has 2 aromatic rings. The first kappa shape index (κ1) is 13.1. The van der Waals surface area contributed by atoms with Gasteiger partial charge in [0.05, 0.1) is 16.1 Å². The Balaban J connectivity index is 2.65. The van der Waals surface area contributed by atoms with Crippen LogP contribution in [-0.2, 0) is 6.18 Å². The molecule has 0 amide bonds. The third kappa shape index (κ3) is 2.73. The number of alkyl halides is 3. The summed E-state index contributed by atoms with van der Waals surface area (Å²) in [5, 5.41) is 10.9.